The van der Waals surface area contributed by atoms with Gasteiger partial charge in [0.15, 0.2) is 6.10 Å². The minimum Gasteiger partial charge on any atom is -0.453 e. The fourth-order valence-corrected chi connectivity index (χ4v) is 3.31. The Morgan fingerprint density at radius 2 is 2.00 bits per heavy atom. The monoisotopic (exact) mass is 462 g/mol. The van der Waals surface area contributed by atoms with E-state index in [9.17, 15) is 9.59 Å². The number of benzene rings is 1. The Labute approximate surface area is 188 Å². The second-order valence-corrected chi connectivity index (χ2v) is 7.60. The van der Waals surface area contributed by atoms with Gasteiger partial charge in [-0.2, -0.15) is 4.98 Å². The SMILES string of the molecule is CC(OC(=O)CCc1nc(-c2ccccn2)no1)C(=O)NC(C)c1ccc(Cl)cc1Cl. The molecule has 1 amide bonds. The van der Waals surface area contributed by atoms with Gasteiger partial charge in [0.05, 0.1) is 12.5 Å². The Hall–Kier alpha value is -2.97. The summed E-state index contributed by atoms with van der Waals surface area (Å²) in [6, 6.07) is 9.97. The molecule has 1 aromatic carbocycles. The maximum atomic E-state index is 12.4. The largest absolute Gasteiger partial charge is 0.453 e. The topological polar surface area (TPSA) is 107 Å². The van der Waals surface area contributed by atoms with Gasteiger partial charge in [-0.1, -0.05) is 40.5 Å². The maximum absolute atomic E-state index is 12.4. The van der Waals surface area contributed by atoms with Crippen LogP contribution in [0.15, 0.2) is 47.1 Å². The molecule has 3 aromatic rings. The molecule has 0 saturated heterocycles. The summed E-state index contributed by atoms with van der Waals surface area (Å²) >= 11 is 12.1. The Bertz CT molecular complexity index is 1060. The quantitative estimate of drug-likeness (QED) is 0.500. The Balaban J connectivity index is 1.47. The molecule has 2 unspecified atom stereocenters. The van der Waals surface area contributed by atoms with Gasteiger partial charge < -0.3 is 14.6 Å². The molecule has 8 nitrogen and oxygen atoms in total. The molecule has 2 heterocycles. The van der Waals surface area contributed by atoms with Gasteiger partial charge in [-0.3, -0.25) is 14.6 Å². The number of nitrogens with one attached hydrogen (secondary N) is 1. The van der Waals surface area contributed by atoms with Gasteiger partial charge in [0, 0.05) is 22.7 Å². The highest BCUT2D eigenvalue weighted by molar-refractivity contribution is 6.35. The van der Waals surface area contributed by atoms with Gasteiger partial charge in [0.25, 0.3) is 5.91 Å². The summed E-state index contributed by atoms with van der Waals surface area (Å²) in [4.78, 5) is 32.8. The smallest absolute Gasteiger partial charge is 0.307 e. The zero-order chi connectivity index (χ0) is 22.4. The van der Waals surface area contributed by atoms with Crippen LogP contribution in [0.1, 0.15) is 37.8 Å². The fourth-order valence-electron chi connectivity index (χ4n) is 2.74. The number of ether oxygens (including phenoxy) is 1. The molecule has 2 aromatic heterocycles. The molecule has 0 radical (unpaired) electrons. The van der Waals surface area contributed by atoms with Crippen molar-refractivity contribution < 1.29 is 18.8 Å². The number of carbonyl (C=O) groups excluding carboxylic acids is 2. The van der Waals surface area contributed by atoms with Crippen LogP contribution in [0.3, 0.4) is 0 Å². The van der Waals surface area contributed by atoms with Gasteiger partial charge in [0.1, 0.15) is 5.69 Å². The lowest BCUT2D eigenvalue weighted by atomic mass is 10.1. The van der Waals surface area contributed by atoms with E-state index in [1.54, 1.807) is 43.5 Å². The van der Waals surface area contributed by atoms with Crippen LogP contribution in [-0.4, -0.2) is 33.1 Å². The molecule has 0 fully saturated rings. The molecule has 0 saturated carbocycles. The number of hydrogen-bond donors (Lipinski definition) is 1. The molecular weight excluding hydrogens is 443 g/mol. The van der Waals surface area contributed by atoms with E-state index in [2.05, 4.69) is 20.4 Å². The highest BCUT2D eigenvalue weighted by Gasteiger charge is 2.21. The predicted octanol–water partition coefficient (Wildman–Crippen LogP) is 4.18. The average Bonchev–Trinajstić information content (AvgIpc) is 3.22. The predicted molar refractivity (Wildman–Crippen MR) is 114 cm³/mol. The van der Waals surface area contributed by atoms with Gasteiger partial charge in [0.2, 0.25) is 11.7 Å². The fraction of sp³-hybridized carbons (Fsp3) is 0.286. The van der Waals surface area contributed by atoms with E-state index in [1.165, 1.54) is 6.92 Å². The molecule has 0 aliphatic rings. The minimum absolute atomic E-state index is 0.0139. The number of aromatic nitrogens is 3. The maximum Gasteiger partial charge on any atom is 0.307 e. The number of hydrogen-bond acceptors (Lipinski definition) is 7. The van der Waals surface area contributed by atoms with Crippen LogP contribution in [0.4, 0.5) is 0 Å². The summed E-state index contributed by atoms with van der Waals surface area (Å²) in [5.74, 6) is -0.383. The zero-order valence-corrected chi connectivity index (χ0v) is 18.4. The van der Waals surface area contributed by atoms with E-state index in [0.717, 1.165) is 0 Å². The summed E-state index contributed by atoms with van der Waals surface area (Å²) in [6.07, 6.45) is 0.814. The lowest BCUT2D eigenvalue weighted by Gasteiger charge is -2.19. The summed E-state index contributed by atoms with van der Waals surface area (Å²) in [6.45, 7) is 3.27. The summed E-state index contributed by atoms with van der Waals surface area (Å²) in [7, 11) is 0. The first-order valence-electron chi connectivity index (χ1n) is 9.52. The van der Waals surface area contributed by atoms with Crippen molar-refractivity contribution in [1.29, 1.82) is 0 Å². The van der Waals surface area contributed by atoms with Crippen LogP contribution in [0, 0.1) is 0 Å². The van der Waals surface area contributed by atoms with Gasteiger partial charge in [-0.05, 0) is 43.7 Å². The van der Waals surface area contributed by atoms with E-state index in [1.807, 2.05) is 6.07 Å². The van der Waals surface area contributed by atoms with Crippen LogP contribution in [-0.2, 0) is 20.7 Å². The van der Waals surface area contributed by atoms with Crippen LogP contribution >= 0.6 is 23.2 Å². The Morgan fingerprint density at radius 1 is 1.19 bits per heavy atom. The molecule has 31 heavy (non-hydrogen) atoms. The van der Waals surface area contributed by atoms with E-state index < -0.39 is 18.0 Å². The van der Waals surface area contributed by atoms with E-state index >= 15 is 0 Å². The first kappa shape index (κ1) is 22.7. The van der Waals surface area contributed by atoms with Crippen LogP contribution in [0.2, 0.25) is 10.0 Å². The number of rotatable bonds is 8. The molecular formula is C21H20Cl2N4O4. The van der Waals surface area contributed by atoms with Crippen molar-refractivity contribution in [3.05, 3.63) is 64.1 Å². The van der Waals surface area contributed by atoms with Crippen molar-refractivity contribution in [2.45, 2.75) is 38.8 Å². The number of halogens is 2. The second-order valence-electron chi connectivity index (χ2n) is 6.75. The van der Waals surface area contributed by atoms with Crippen LogP contribution in [0.25, 0.3) is 11.5 Å². The van der Waals surface area contributed by atoms with Crippen LogP contribution < -0.4 is 5.32 Å². The van der Waals surface area contributed by atoms with Gasteiger partial charge in [-0.25, -0.2) is 0 Å². The van der Waals surface area contributed by atoms with Crippen molar-refractivity contribution in [2.24, 2.45) is 0 Å². The number of nitrogens with zero attached hydrogens (tertiary/aromatic N) is 3. The lowest BCUT2D eigenvalue weighted by Crippen LogP contribution is -2.37. The molecule has 2 atom stereocenters. The number of esters is 1. The molecule has 0 bridgehead atoms. The van der Waals surface area contributed by atoms with Crippen molar-refractivity contribution in [1.82, 2.24) is 20.4 Å². The van der Waals surface area contributed by atoms with Crippen molar-refractivity contribution in [3.63, 3.8) is 0 Å². The van der Waals surface area contributed by atoms with E-state index in [-0.39, 0.29) is 24.8 Å². The third-order valence-corrected chi connectivity index (χ3v) is 4.93. The standard InChI is InChI=1S/C21H20Cl2N4O4/c1-12(15-7-6-14(22)11-16(15)23)25-21(29)13(2)30-19(28)9-8-18-26-20(27-31-18)17-5-3-4-10-24-17/h3-7,10-13H,8-9H2,1-2H3,(H,25,29). The van der Waals surface area contributed by atoms with Crippen LogP contribution in [0.5, 0.6) is 0 Å². The van der Waals surface area contributed by atoms with E-state index in [4.69, 9.17) is 32.5 Å². The first-order valence-corrected chi connectivity index (χ1v) is 10.3. The Kier molecular flexibility index (Phi) is 7.59. The number of pyridine rings is 1. The molecule has 162 valence electrons. The number of carbonyl (C=O) groups is 2. The molecule has 0 aliphatic carbocycles. The highest BCUT2D eigenvalue weighted by Crippen LogP contribution is 2.26. The summed E-state index contributed by atoms with van der Waals surface area (Å²) < 4.78 is 10.3. The molecule has 3 rings (SSSR count). The highest BCUT2D eigenvalue weighted by atomic mass is 35.5. The summed E-state index contributed by atoms with van der Waals surface area (Å²) in [5, 5.41) is 7.55. The normalized spacial score (nSPS) is 12.8. The van der Waals surface area contributed by atoms with Crippen molar-refractivity contribution in [2.75, 3.05) is 0 Å². The Morgan fingerprint density at radius 3 is 2.71 bits per heavy atom. The van der Waals surface area contributed by atoms with Crippen molar-refractivity contribution in [3.8, 4) is 11.5 Å². The molecule has 10 heteroatoms. The summed E-state index contributed by atoms with van der Waals surface area (Å²) in [5.41, 5.74) is 1.28. The first-order chi connectivity index (χ1) is 14.8. The molecule has 0 aliphatic heterocycles. The van der Waals surface area contributed by atoms with Crippen molar-refractivity contribution >= 4 is 35.1 Å². The number of aryl methyl sites for hydroxylation is 1. The average molecular weight is 463 g/mol. The van der Waals surface area contributed by atoms with Gasteiger partial charge >= 0.3 is 5.97 Å². The second kappa shape index (κ2) is 10.4. The lowest BCUT2D eigenvalue weighted by molar-refractivity contribution is -0.155. The van der Waals surface area contributed by atoms with Gasteiger partial charge in [-0.15, -0.1) is 0 Å². The molecule has 1 N–H and O–H groups in total. The van der Waals surface area contributed by atoms with E-state index in [0.29, 0.717) is 27.1 Å². The third-order valence-electron chi connectivity index (χ3n) is 4.37. The number of amides is 1. The minimum atomic E-state index is -0.979. The zero-order valence-electron chi connectivity index (χ0n) is 16.8. The third kappa shape index (κ3) is 6.26. The molecule has 0 spiro atoms.